The van der Waals surface area contributed by atoms with E-state index in [1.807, 2.05) is 66.7 Å². The number of hydrogen-bond donors (Lipinski definition) is 2. The van der Waals surface area contributed by atoms with Crippen molar-refractivity contribution in [1.82, 2.24) is 4.90 Å². The molecule has 2 heterocycles. The maximum Gasteiger partial charge on any atom is 0.410 e. The van der Waals surface area contributed by atoms with Crippen LogP contribution < -0.4 is 18.9 Å². The smallest absolute Gasteiger partial charge is 0.410 e. The SMILES string of the molecule is C=CCOC12Oc3ccc(Oc4ccc(C)c(C)c4)cc3C3C(CCCCO)C(CCCCO)C=C(C(=NOCc4ccccc4)CC1N(Cc1ccc4c(c1)OCO4)C(=O)OCCCCCCCCCCCC)C32. The van der Waals surface area contributed by atoms with Crippen molar-refractivity contribution in [3.63, 3.8) is 0 Å². The number of aliphatic hydroxyl groups excluding tert-OH is 2. The van der Waals surface area contributed by atoms with E-state index in [2.05, 4.69) is 51.6 Å². The van der Waals surface area contributed by atoms with E-state index >= 15 is 4.79 Å². The predicted molar refractivity (Wildman–Crippen MR) is 293 cm³/mol. The number of aryl methyl sites for hydroxylation is 2. The van der Waals surface area contributed by atoms with Gasteiger partial charge in [0, 0.05) is 37.7 Å². The Bertz CT molecular complexity index is 2530. The molecular weight excluding hydrogens is 945 g/mol. The highest BCUT2D eigenvalue weighted by Gasteiger charge is 2.66. The first-order chi connectivity index (χ1) is 36.8. The van der Waals surface area contributed by atoms with E-state index in [0.717, 1.165) is 78.5 Å². The fourth-order valence-corrected chi connectivity index (χ4v) is 11.8. The molecule has 12 nitrogen and oxygen atoms in total. The second-order valence-electron chi connectivity index (χ2n) is 21.0. The first-order valence-electron chi connectivity index (χ1n) is 28.1. The Morgan fingerprint density at radius 3 is 2.23 bits per heavy atom. The summed E-state index contributed by atoms with van der Waals surface area (Å²) in [5, 5.41) is 25.3. The van der Waals surface area contributed by atoms with Gasteiger partial charge in [0.2, 0.25) is 12.6 Å². The number of hydrogen-bond acceptors (Lipinski definition) is 11. The van der Waals surface area contributed by atoms with Crippen LogP contribution in [0.15, 0.2) is 114 Å². The van der Waals surface area contributed by atoms with Crippen molar-refractivity contribution < 1.29 is 48.3 Å². The van der Waals surface area contributed by atoms with Crippen LogP contribution in [0.1, 0.15) is 150 Å². The van der Waals surface area contributed by atoms with Crippen molar-refractivity contribution in [2.75, 3.05) is 33.2 Å². The molecule has 75 heavy (non-hydrogen) atoms. The normalized spacial score (nSPS) is 21.6. The van der Waals surface area contributed by atoms with Crippen molar-refractivity contribution in [2.45, 2.75) is 161 Å². The minimum atomic E-state index is -1.48. The minimum Gasteiger partial charge on any atom is -0.459 e. The molecule has 2 N–H and O–H groups in total. The van der Waals surface area contributed by atoms with Gasteiger partial charge in [-0.2, -0.15) is 0 Å². The summed E-state index contributed by atoms with van der Waals surface area (Å²) < 4.78 is 39.5. The molecule has 2 aliphatic carbocycles. The summed E-state index contributed by atoms with van der Waals surface area (Å²) in [6.07, 6.45) is 20.1. The van der Waals surface area contributed by atoms with Gasteiger partial charge >= 0.3 is 6.09 Å². The highest BCUT2D eigenvalue weighted by Crippen LogP contribution is 2.62. The van der Waals surface area contributed by atoms with Crippen LogP contribution in [0, 0.1) is 31.6 Å². The zero-order valence-corrected chi connectivity index (χ0v) is 44.9. The maximum atomic E-state index is 15.3. The first-order valence-corrected chi connectivity index (χ1v) is 28.1. The molecule has 4 aliphatic rings. The van der Waals surface area contributed by atoms with Crippen molar-refractivity contribution in [1.29, 1.82) is 0 Å². The van der Waals surface area contributed by atoms with Crippen LogP contribution in [-0.4, -0.2) is 72.0 Å². The van der Waals surface area contributed by atoms with Crippen molar-refractivity contribution in [2.24, 2.45) is 22.9 Å². The van der Waals surface area contributed by atoms with Crippen LogP contribution in [0.5, 0.6) is 28.7 Å². The van der Waals surface area contributed by atoms with Crippen LogP contribution in [-0.2, 0) is 27.5 Å². The Labute approximate surface area is 446 Å². The Morgan fingerprint density at radius 2 is 1.48 bits per heavy atom. The van der Waals surface area contributed by atoms with E-state index in [-0.39, 0.29) is 70.5 Å². The van der Waals surface area contributed by atoms with E-state index in [9.17, 15) is 10.2 Å². The summed E-state index contributed by atoms with van der Waals surface area (Å²) >= 11 is 0. The lowest BCUT2D eigenvalue weighted by Gasteiger charge is -2.59. The predicted octanol–water partition coefficient (Wildman–Crippen LogP) is 14.2. The second kappa shape index (κ2) is 27.8. The lowest BCUT2D eigenvalue weighted by Crippen LogP contribution is -2.70. The molecule has 4 aromatic rings. The number of fused-ring (bicyclic) bond motifs is 3. The third kappa shape index (κ3) is 14.0. The average Bonchev–Trinajstić information content (AvgIpc) is 3.90. The van der Waals surface area contributed by atoms with Gasteiger partial charge in [0.25, 0.3) is 0 Å². The van der Waals surface area contributed by atoms with E-state index in [0.29, 0.717) is 41.6 Å². The summed E-state index contributed by atoms with van der Waals surface area (Å²) in [5.41, 5.74) is 6.75. The van der Waals surface area contributed by atoms with Gasteiger partial charge in [-0.3, -0.25) is 4.90 Å². The number of oxime groups is 1. The topological polar surface area (TPSA) is 138 Å². The molecule has 0 spiro atoms. The number of aliphatic hydroxyl groups is 2. The molecule has 0 aromatic heterocycles. The average molecular weight is 1030 g/mol. The number of carbonyl (C=O) groups excluding carboxylic acids is 1. The summed E-state index contributed by atoms with van der Waals surface area (Å²) in [4.78, 5) is 23.4. The third-order valence-electron chi connectivity index (χ3n) is 15.7. The molecule has 1 fully saturated rings. The van der Waals surface area contributed by atoms with Gasteiger partial charge in [-0.05, 0) is 128 Å². The van der Waals surface area contributed by atoms with Crippen molar-refractivity contribution >= 4 is 11.8 Å². The molecule has 4 aromatic carbocycles. The van der Waals surface area contributed by atoms with Crippen molar-refractivity contribution in [3.8, 4) is 28.7 Å². The number of ether oxygens (including phenoxy) is 6. The molecule has 0 saturated heterocycles. The van der Waals surface area contributed by atoms with Gasteiger partial charge in [0.05, 0.1) is 24.8 Å². The standard InChI is InChI=1S/C63H82N2O10/c1-5-7-8-9-10-11-12-13-14-22-36-69-62(68)65(42-48-28-31-57-58(38-48)71-44-70-57)59-41-55(64-73-43-47-23-16-15-17-24-47)53-39-49(25-18-20-33-66)52(26-19-21-34-67)60-54-40-51(74-50-29-27-45(3)46(4)37-50)30-32-56(54)75-63(59,61(53)60)72-35-6-2/h6,15-17,23-24,27-32,37-40,49,52,59-61,66-67H,2,5,7-14,18-22,25-26,33-36,41-44H2,1,3-4H3. The maximum absolute atomic E-state index is 15.3. The highest BCUT2D eigenvalue weighted by molar-refractivity contribution is 6.03. The fourth-order valence-electron chi connectivity index (χ4n) is 11.8. The molecule has 0 radical (unpaired) electrons. The minimum absolute atomic E-state index is 0.0334. The number of carbonyl (C=O) groups is 1. The van der Waals surface area contributed by atoms with Gasteiger partial charge in [0.1, 0.15) is 29.9 Å². The number of nitrogens with zero attached hydrogens (tertiary/aromatic N) is 2. The van der Waals surface area contributed by atoms with Gasteiger partial charge in [0.15, 0.2) is 11.5 Å². The van der Waals surface area contributed by atoms with Gasteiger partial charge in [-0.1, -0.05) is 137 Å². The Morgan fingerprint density at radius 1 is 0.773 bits per heavy atom. The monoisotopic (exact) mass is 1030 g/mol. The van der Waals surface area contributed by atoms with E-state index in [4.69, 9.17) is 38.4 Å². The summed E-state index contributed by atoms with van der Waals surface area (Å²) in [6.45, 7) is 11.7. The van der Waals surface area contributed by atoms with Crippen LogP contribution in [0.2, 0.25) is 0 Å². The molecular formula is C63H82N2O10. The number of benzene rings is 4. The Kier molecular flexibility index (Phi) is 20.6. The van der Waals surface area contributed by atoms with E-state index < -0.39 is 23.8 Å². The molecule has 12 heteroatoms. The second-order valence-corrected chi connectivity index (χ2v) is 21.0. The molecule has 2 aliphatic heterocycles. The van der Waals surface area contributed by atoms with Crippen LogP contribution in [0.3, 0.4) is 0 Å². The summed E-state index contributed by atoms with van der Waals surface area (Å²) in [6, 6.07) is 27.2. The lowest BCUT2D eigenvalue weighted by atomic mass is 9.55. The Hall–Kier alpha value is -5.82. The number of allylic oxidation sites excluding steroid dienone is 1. The molecule has 1 saturated carbocycles. The van der Waals surface area contributed by atoms with Crippen LogP contribution >= 0.6 is 0 Å². The summed E-state index contributed by atoms with van der Waals surface area (Å²) in [7, 11) is 0. The molecule has 1 amide bonds. The number of unbranched alkanes of at least 4 members (excludes halogenated alkanes) is 11. The molecule has 6 atom stereocenters. The molecule has 404 valence electrons. The zero-order valence-electron chi connectivity index (χ0n) is 44.9. The van der Waals surface area contributed by atoms with Gasteiger partial charge < -0.3 is 43.5 Å². The van der Waals surface area contributed by atoms with Gasteiger partial charge in [-0.25, -0.2) is 4.79 Å². The Balaban J connectivity index is 1.24. The van der Waals surface area contributed by atoms with E-state index in [1.54, 1.807) is 11.0 Å². The third-order valence-corrected chi connectivity index (χ3v) is 15.7. The zero-order chi connectivity index (χ0) is 52.4. The van der Waals surface area contributed by atoms with E-state index in [1.165, 1.54) is 50.5 Å². The summed E-state index contributed by atoms with van der Waals surface area (Å²) in [5.74, 6) is 1.18. The van der Waals surface area contributed by atoms with Crippen LogP contribution in [0.25, 0.3) is 0 Å². The molecule has 6 unspecified atom stereocenters. The number of amides is 1. The lowest BCUT2D eigenvalue weighted by molar-refractivity contribution is -0.256. The highest BCUT2D eigenvalue weighted by atomic mass is 16.7. The van der Waals surface area contributed by atoms with Crippen molar-refractivity contribution in [3.05, 3.63) is 137 Å². The largest absolute Gasteiger partial charge is 0.459 e. The van der Waals surface area contributed by atoms with Crippen LogP contribution in [0.4, 0.5) is 4.79 Å². The molecule has 0 bridgehead atoms. The van der Waals surface area contributed by atoms with Gasteiger partial charge in [-0.15, -0.1) is 6.58 Å². The fraction of sp³-hybridized carbons (Fsp3) is 0.524. The quantitative estimate of drug-likeness (QED) is 0.0295. The first kappa shape index (κ1) is 55.4. The number of rotatable bonds is 30. The molecule has 8 rings (SSSR count).